The highest BCUT2D eigenvalue weighted by Crippen LogP contribution is 2.60. The van der Waals surface area contributed by atoms with Gasteiger partial charge in [-0.25, -0.2) is 4.79 Å². The van der Waals surface area contributed by atoms with E-state index in [1.165, 1.54) is 28.4 Å². The summed E-state index contributed by atoms with van der Waals surface area (Å²) in [6.45, 7) is 12.4. The molecule has 130 valence electrons. The molecule has 2 heterocycles. The van der Waals surface area contributed by atoms with Crippen LogP contribution in [0.4, 0.5) is 0 Å². The van der Waals surface area contributed by atoms with Gasteiger partial charge in [-0.15, -0.1) is 11.8 Å². The molecule has 5 nitrogen and oxygen atoms in total. The van der Waals surface area contributed by atoms with Crippen LogP contribution in [0, 0.1) is 0 Å². The van der Waals surface area contributed by atoms with Crippen molar-refractivity contribution in [2.24, 2.45) is 0 Å². The maximum atomic E-state index is 12.6. The summed E-state index contributed by atoms with van der Waals surface area (Å²) < 4.78 is 6.77. The summed E-state index contributed by atoms with van der Waals surface area (Å²) in [4.78, 5) is 25.2. The van der Waals surface area contributed by atoms with E-state index in [0.29, 0.717) is 6.42 Å². The molecule has 1 fully saturated rings. The fourth-order valence-corrected chi connectivity index (χ4v) is 7.09. The Kier molecular flexibility index (Phi) is 5.30. The highest BCUT2D eigenvalue weighted by molar-refractivity contribution is 8.23. The highest BCUT2D eigenvalue weighted by Gasteiger charge is 2.67. The first-order valence-electron chi connectivity index (χ1n) is 7.82. The molecule has 0 aromatic carbocycles. The molecule has 8 heteroatoms. The molecule has 2 atom stereocenters. The number of carboxylic acids is 1. The summed E-state index contributed by atoms with van der Waals surface area (Å²) in [6.07, 6.45) is 0.161. The van der Waals surface area contributed by atoms with Crippen molar-refractivity contribution in [2.45, 2.75) is 69.2 Å². The summed E-state index contributed by atoms with van der Waals surface area (Å²) in [6, 6.07) is 0. The lowest BCUT2D eigenvalue weighted by atomic mass is 9.94. The van der Waals surface area contributed by atoms with Gasteiger partial charge in [0.15, 0.2) is 21.6 Å². The molecule has 0 aliphatic carbocycles. The van der Waals surface area contributed by atoms with Gasteiger partial charge >= 0.3 is 5.97 Å². The number of hydrogen-bond acceptors (Lipinski definition) is 5. The first kappa shape index (κ1) is 18.9. The Morgan fingerprint density at radius 1 is 1.52 bits per heavy atom. The number of carbonyl (C=O) groups is 2. The minimum absolute atomic E-state index is 0.0947. The van der Waals surface area contributed by atoms with E-state index >= 15 is 0 Å². The van der Waals surface area contributed by atoms with Gasteiger partial charge in [-0.2, -0.15) is 0 Å². The van der Waals surface area contributed by atoms with E-state index < -0.39 is 26.7 Å². The van der Waals surface area contributed by atoms with Crippen molar-refractivity contribution in [3.8, 4) is 0 Å². The second-order valence-electron chi connectivity index (χ2n) is 7.33. The number of carboxylic acid groups (broad SMARTS) is 1. The average Bonchev–Trinajstić information content (AvgIpc) is 2.67. The maximum Gasteiger partial charge on any atom is 0.354 e. The number of carbonyl (C=O) groups excluding carboxylic acids is 1. The third-order valence-electron chi connectivity index (χ3n) is 3.65. The van der Waals surface area contributed by atoms with Crippen LogP contribution in [-0.2, 0) is 14.0 Å². The summed E-state index contributed by atoms with van der Waals surface area (Å²) in [5.74, 6) is -1.23. The molecule has 1 unspecified atom stereocenters. The van der Waals surface area contributed by atoms with Crippen molar-refractivity contribution in [2.75, 3.05) is 0 Å². The van der Waals surface area contributed by atoms with Crippen LogP contribution in [-0.4, -0.2) is 47.9 Å². The molecule has 0 aromatic rings. The zero-order valence-electron chi connectivity index (χ0n) is 14.5. The minimum atomic E-state index is -1.03. The van der Waals surface area contributed by atoms with Crippen LogP contribution in [0.15, 0.2) is 9.93 Å². The van der Waals surface area contributed by atoms with Crippen molar-refractivity contribution in [1.29, 1.82) is 0 Å². The number of rotatable bonds is 6. The second-order valence-corrected chi connectivity index (χ2v) is 13.2. The Morgan fingerprint density at radius 2 is 2.13 bits per heavy atom. The number of aliphatic carboxylic acids is 1. The van der Waals surface area contributed by atoms with E-state index in [1.54, 1.807) is 0 Å². The predicted octanol–water partition coefficient (Wildman–Crippen LogP) is 2.76. The topological polar surface area (TPSA) is 66.8 Å². The van der Waals surface area contributed by atoms with E-state index in [1.807, 2.05) is 20.8 Å². The van der Waals surface area contributed by atoms with E-state index in [2.05, 4.69) is 20.8 Å². The molecule has 0 saturated carbocycles. The SMILES string of the molecule is CC[C@]12SC(SC(C)C)=C(C(=O)O)N1C(=O)C2O[SiH2]C(C)(C)C. The molecule has 0 bridgehead atoms. The van der Waals surface area contributed by atoms with Gasteiger partial charge in [0.25, 0.3) is 5.91 Å². The number of β-lactam (4-membered cyclic amide) rings is 1. The molecule has 1 N–H and O–H groups in total. The standard InChI is InChI=1S/C15H25NO4S2Si/c1-7-15-10(20-23-14(4,5)6)11(17)16(15)9(12(18)19)13(22-15)21-8(2)3/h8,10H,7,23H2,1-6H3,(H,18,19)/t10?,15-/m1/s1. The predicted molar refractivity (Wildman–Crippen MR) is 98.0 cm³/mol. The van der Waals surface area contributed by atoms with Crippen LogP contribution < -0.4 is 0 Å². The summed E-state index contributed by atoms with van der Waals surface area (Å²) in [5, 5.41) is 9.94. The van der Waals surface area contributed by atoms with Gasteiger partial charge in [-0.05, 0) is 11.5 Å². The van der Waals surface area contributed by atoms with E-state index in [0.717, 1.165) is 4.24 Å². The Morgan fingerprint density at radius 3 is 2.57 bits per heavy atom. The number of nitrogens with zero attached hydrogens (tertiary/aromatic N) is 1. The maximum absolute atomic E-state index is 12.6. The van der Waals surface area contributed by atoms with Crippen LogP contribution in [0.1, 0.15) is 48.0 Å². The summed E-state index contributed by atoms with van der Waals surface area (Å²) in [5.41, 5.74) is 0.137. The average molecular weight is 376 g/mol. The first-order chi connectivity index (χ1) is 10.5. The van der Waals surface area contributed by atoms with Gasteiger partial charge in [-0.1, -0.05) is 53.3 Å². The van der Waals surface area contributed by atoms with Crippen molar-refractivity contribution in [3.63, 3.8) is 0 Å². The zero-order valence-corrected chi connectivity index (χ0v) is 17.6. The fraction of sp³-hybridized carbons (Fsp3) is 0.733. The van der Waals surface area contributed by atoms with Crippen LogP contribution >= 0.6 is 23.5 Å². The van der Waals surface area contributed by atoms with Gasteiger partial charge in [0.05, 0.1) is 4.24 Å². The van der Waals surface area contributed by atoms with E-state index in [4.69, 9.17) is 4.43 Å². The molecule has 23 heavy (non-hydrogen) atoms. The second kappa shape index (κ2) is 6.46. The van der Waals surface area contributed by atoms with E-state index in [9.17, 15) is 14.7 Å². The van der Waals surface area contributed by atoms with Crippen LogP contribution in [0.2, 0.25) is 5.04 Å². The largest absolute Gasteiger partial charge is 0.477 e. The zero-order chi connectivity index (χ0) is 17.6. The van der Waals surface area contributed by atoms with E-state index in [-0.39, 0.29) is 21.9 Å². The van der Waals surface area contributed by atoms with Gasteiger partial charge < -0.3 is 9.53 Å². The monoisotopic (exact) mass is 375 g/mol. The summed E-state index contributed by atoms with van der Waals surface area (Å²) in [7, 11) is -0.880. The Hall–Kier alpha value is -0.443. The quantitative estimate of drug-likeness (QED) is 0.569. The molecule has 2 rings (SSSR count). The fourth-order valence-electron chi connectivity index (χ4n) is 2.67. The minimum Gasteiger partial charge on any atom is -0.477 e. The van der Waals surface area contributed by atoms with Gasteiger partial charge in [0.2, 0.25) is 0 Å². The van der Waals surface area contributed by atoms with Crippen molar-refractivity contribution < 1.29 is 19.1 Å². The van der Waals surface area contributed by atoms with Gasteiger partial charge in [0, 0.05) is 5.25 Å². The Labute approximate surface area is 148 Å². The highest BCUT2D eigenvalue weighted by atomic mass is 32.2. The molecular formula is C15H25NO4S2Si. The molecule has 0 radical (unpaired) electrons. The number of amides is 1. The van der Waals surface area contributed by atoms with Gasteiger partial charge in [0.1, 0.15) is 4.87 Å². The van der Waals surface area contributed by atoms with Crippen molar-refractivity contribution in [1.82, 2.24) is 4.90 Å². The van der Waals surface area contributed by atoms with Crippen molar-refractivity contribution >= 4 is 45.2 Å². The molecule has 0 spiro atoms. The van der Waals surface area contributed by atoms with Gasteiger partial charge in [-0.3, -0.25) is 9.69 Å². The number of hydrogen-bond donors (Lipinski definition) is 1. The molecule has 1 saturated heterocycles. The van der Waals surface area contributed by atoms with Crippen LogP contribution in [0.3, 0.4) is 0 Å². The van der Waals surface area contributed by atoms with Crippen LogP contribution in [0.5, 0.6) is 0 Å². The molecule has 2 aliphatic heterocycles. The lowest BCUT2D eigenvalue weighted by molar-refractivity contribution is -0.166. The number of thioether (sulfide) groups is 2. The van der Waals surface area contributed by atoms with Crippen LogP contribution in [0.25, 0.3) is 0 Å². The number of fused-ring (bicyclic) bond motifs is 1. The molecular weight excluding hydrogens is 350 g/mol. The lowest BCUT2D eigenvalue weighted by Crippen LogP contribution is -2.71. The molecule has 1 amide bonds. The summed E-state index contributed by atoms with van der Waals surface area (Å²) >= 11 is 3.01. The smallest absolute Gasteiger partial charge is 0.354 e. The Balaban J connectivity index is 2.28. The van der Waals surface area contributed by atoms with Crippen molar-refractivity contribution in [3.05, 3.63) is 9.93 Å². The third kappa shape index (κ3) is 3.36. The molecule has 2 aliphatic rings. The lowest BCUT2D eigenvalue weighted by Gasteiger charge is -2.52. The third-order valence-corrected chi connectivity index (χ3v) is 7.86. The first-order valence-corrected chi connectivity index (χ1v) is 10.8. The normalized spacial score (nSPS) is 28.0. The molecule has 0 aromatic heterocycles. The Bertz CT molecular complexity index is 558.